The molecule has 1 aromatic heterocycles. The average molecular weight is 370 g/mol. The van der Waals surface area contributed by atoms with E-state index in [0.29, 0.717) is 9.54 Å². The summed E-state index contributed by atoms with van der Waals surface area (Å²) in [6.07, 6.45) is 2.27. The van der Waals surface area contributed by atoms with Crippen molar-refractivity contribution in [3.63, 3.8) is 0 Å². The fourth-order valence-corrected chi connectivity index (χ4v) is 3.75. The molecule has 0 N–H and O–H groups in total. The van der Waals surface area contributed by atoms with Crippen LogP contribution in [0.15, 0.2) is 64.5 Å². The van der Waals surface area contributed by atoms with Crippen molar-refractivity contribution >= 4 is 15.9 Å². The van der Waals surface area contributed by atoms with Gasteiger partial charge in [0.25, 0.3) is 15.9 Å². The van der Waals surface area contributed by atoms with Gasteiger partial charge in [0, 0.05) is 18.0 Å². The number of hydrogen-bond acceptors (Lipinski definition) is 4. The predicted molar refractivity (Wildman–Crippen MR) is 98.1 cm³/mol. The van der Waals surface area contributed by atoms with Crippen LogP contribution in [0.4, 0.5) is 0 Å². The lowest BCUT2D eigenvalue weighted by Crippen LogP contribution is -2.32. The van der Waals surface area contributed by atoms with Crippen LogP contribution in [0.3, 0.4) is 0 Å². The van der Waals surface area contributed by atoms with E-state index in [1.54, 1.807) is 30.3 Å². The average Bonchev–Trinajstić information content (AvgIpc) is 2.99. The number of nitrogens with zero attached hydrogens (tertiary/aromatic N) is 2. The maximum Gasteiger partial charge on any atom is 0.349 e. The van der Waals surface area contributed by atoms with Crippen molar-refractivity contribution in [3.8, 4) is 0 Å². The number of hydrogen-bond donors (Lipinski definition) is 0. The number of benzene rings is 2. The molecule has 7 heteroatoms. The van der Waals surface area contributed by atoms with Crippen molar-refractivity contribution in [2.45, 2.75) is 25.7 Å². The van der Waals surface area contributed by atoms with E-state index in [4.69, 9.17) is 0 Å². The first-order chi connectivity index (χ1) is 12.2. The molecule has 0 bridgehead atoms. The molecule has 2 aromatic carbocycles. The largest absolute Gasteiger partial charge is 0.349 e. The molecule has 0 aliphatic rings. The molecule has 0 unspecified atom stereocenters. The molecule has 6 nitrogen and oxygen atoms in total. The molecule has 3 aromatic rings. The molecule has 1 heterocycles. The first-order valence-electron chi connectivity index (χ1n) is 7.96. The van der Waals surface area contributed by atoms with Crippen LogP contribution >= 0.6 is 0 Å². The summed E-state index contributed by atoms with van der Waals surface area (Å²) in [5.74, 6) is -0.573. The van der Waals surface area contributed by atoms with Gasteiger partial charge < -0.3 is 0 Å². The molecule has 0 radical (unpaired) electrons. The van der Waals surface area contributed by atoms with Crippen molar-refractivity contribution in [1.82, 2.24) is 8.54 Å². The Morgan fingerprint density at radius 1 is 0.885 bits per heavy atom. The summed E-state index contributed by atoms with van der Waals surface area (Å²) in [6, 6.07) is 11.2. The van der Waals surface area contributed by atoms with E-state index in [1.807, 2.05) is 20.8 Å². The number of rotatable bonds is 3. The van der Waals surface area contributed by atoms with E-state index < -0.39 is 21.6 Å². The molecule has 0 saturated heterocycles. The zero-order valence-electron chi connectivity index (χ0n) is 14.6. The van der Waals surface area contributed by atoms with E-state index in [0.717, 1.165) is 27.5 Å². The summed E-state index contributed by atoms with van der Waals surface area (Å²) in [7, 11) is -4.07. The van der Waals surface area contributed by atoms with Gasteiger partial charge in [0.2, 0.25) is 0 Å². The smallest absolute Gasteiger partial charge is 0.268 e. The minimum absolute atomic E-state index is 0.0124. The summed E-state index contributed by atoms with van der Waals surface area (Å²) in [5.41, 5.74) is 2.23. The van der Waals surface area contributed by atoms with Crippen LogP contribution in [0.1, 0.15) is 27.0 Å². The Balaban J connectivity index is 2.05. The molecule has 0 saturated carbocycles. The first-order valence-corrected chi connectivity index (χ1v) is 9.40. The Hall–Kier alpha value is -2.93. The SMILES string of the molecule is Cc1ccc(S(=O)(=O)n2ccn(C(=O)c3ccc(C)c(C)c3)c2=O)cc1. The van der Waals surface area contributed by atoms with Crippen molar-refractivity contribution in [1.29, 1.82) is 0 Å². The fraction of sp³-hybridized carbons (Fsp3) is 0.158. The number of carbonyl (C=O) groups is 1. The standard InChI is InChI=1S/C19H18N2O4S/c1-13-4-8-17(9-5-13)26(24,25)21-11-10-20(19(21)23)18(22)16-7-6-14(2)15(3)12-16/h4-12H,1-3H3. The van der Waals surface area contributed by atoms with Gasteiger partial charge in [-0.3, -0.25) is 4.79 Å². The molecular formula is C19H18N2O4S. The summed E-state index contributed by atoms with van der Waals surface area (Å²) in [6.45, 7) is 5.61. The molecule has 26 heavy (non-hydrogen) atoms. The van der Waals surface area contributed by atoms with Gasteiger partial charge in [-0.15, -0.1) is 0 Å². The quantitative estimate of drug-likeness (QED) is 0.710. The summed E-state index contributed by atoms with van der Waals surface area (Å²) >= 11 is 0. The van der Waals surface area contributed by atoms with Crippen LogP contribution in [0, 0.1) is 20.8 Å². The highest BCUT2D eigenvalue weighted by molar-refractivity contribution is 7.90. The highest BCUT2D eigenvalue weighted by Gasteiger charge is 2.22. The fourth-order valence-electron chi connectivity index (χ4n) is 2.54. The normalized spacial score (nSPS) is 11.5. The zero-order chi connectivity index (χ0) is 19.1. The summed E-state index contributed by atoms with van der Waals surface area (Å²) in [4.78, 5) is 25.1. The van der Waals surface area contributed by atoms with Gasteiger partial charge in [-0.1, -0.05) is 23.8 Å². The third kappa shape index (κ3) is 3.01. The first kappa shape index (κ1) is 17.9. The molecule has 0 fully saturated rings. The van der Waals surface area contributed by atoms with Gasteiger partial charge in [0.15, 0.2) is 0 Å². The van der Waals surface area contributed by atoms with E-state index in [2.05, 4.69) is 0 Å². The van der Waals surface area contributed by atoms with Gasteiger partial charge in [-0.25, -0.2) is 17.8 Å². The molecule has 0 amide bonds. The van der Waals surface area contributed by atoms with Gasteiger partial charge in [-0.2, -0.15) is 3.97 Å². The number of imidazole rings is 1. The van der Waals surface area contributed by atoms with Crippen LogP contribution in [-0.4, -0.2) is 22.9 Å². The topological polar surface area (TPSA) is 78.1 Å². The second kappa shape index (κ2) is 6.42. The monoisotopic (exact) mass is 370 g/mol. The third-order valence-corrected chi connectivity index (χ3v) is 5.96. The minimum atomic E-state index is -4.07. The van der Waals surface area contributed by atoms with Gasteiger partial charge >= 0.3 is 5.69 Å². The molecule has 0 spiro atoms. The second-order valence-corrected chi connectivity index (χ2v) is 7.98. The van der Waals surface area contributed by atoms with E-state index in [9.17, 15) is 18.0 Å². The van der Waals surface area contributed by atoms with Crippen molar-refractivity contribution < 1.29 is 13.2 Å². The van der Waals surface area contributed by atoms with Gasteiger partial charge in [-0.05, 0) is 56.2 Å². The lowest BCUT2D eigenvalue weighted by molar-refractivity contribution is 0.0956. The Morgan fingerprint density at radius 2 is 1.54 bits per heavy atom. The minimum Gasteiger partial charge on any atom is -0.268 e. The van der Waals surface area contributed by atoms with Crippen molar-refractivity contribution in [3.05, 3.63) is 87.6 Å². The Labute approximate surface area is 151 Å². The molecule has 0 aliphatic heterocycles. The van der Waals surface area contributed by atoms with Gasteiger partial charge in [0.1, 0.15) is 0 Å². The third-order valence-electron chi connectivity index (χ3n) is 4.30. The zero-order valence-corrected chi connectivity index (χ0v) is 15.4. The Kier molecular flexibility index (Phi) is 4.41. The number of aryl methyl sites for hydroxylation is 3. The Morgan fingerprint density at radius 3 is 2.15 bits per heavy atom. The maximum atomic E-state index is 12.7. The van der Waals surface area contributed by atoms with Crippen LogP contribution in [0.2, 0.25) is 0 Å². The van der Waals surface area contributed by atoms with E-state index >= 15 is 0 Å². The summed E-state index contributed by atoms with van der Waals surface area (Å²) in [5, 5.41) is 0. The van der Waals surface area contributed by atoms with Crippen LogP contribution in [0.25, 0.3) is 0 Å². The second-order valence-electron chi connectivity index (χ2n) is 6.17. The molecule has 0 atom stereocenters. The highest BCUT2D eigenvalue weighted by atomic mass is 32.2. The highest BCUT2D eigenvalue weighted by Crippen LogP contribution is 2.14. The lowest BCUT2D eigenvalue weighted by Gasteiger charge is -2.06. The van der Waals surface area contributed by atoms with E-state index in [-0.39, 0.29) is 4.90 Å². The lowest BCUT2D eigenvalue weighted by atomic mass is 10.1. The van der Waals surface area contributed by atoms with Crippen LogP contribution in [0.5, 0.6) is 0 Å². The molecule has 134 valence electrons. The summed E-state index contributed by atoms with van der Waals surface area (Å²) < 4.78 is 26.7. The predicted octanol–water partition coefficient (Wildman–Crippen LogP) is 2.50. The molecule has 0 aliphatic carbocycles. The van der Waals surface area contributed by atoms with Crippen molar-refractivity contribution in [2.75, 3.05) is 0 Å². The Bertz CT molecular complexity index is 1150. The number of carbonyl (C=O) groups excluding carboxylic acids is 1. The maximum absolute atomic E-state index is 12.7. The van der Waals surface area contributed by atoms with Gasteiger partial charge in [0.05, 0.1) is 4.90 Å². The van der Waals surface area contributed by atoms with Crippen molar-refractivity contribution in [2.24, 2.45) is 0 Å². The number of aromatic nitrogens is 2. The van der Waals surface area contributed by atoms with Crippen LogP contribution in [-0.2, 0) is 10.0 Å². The molecular weight excluding hydrogens is 352 g/mol. The molecule has 3 rings (SSSR count). The van der Waals surface area contributed by atoms with Crippen LogP contribution < -0.4 is 5.69 Å². The van der Waals surface area contributed by atoms with E-state index in [1.165, 1.54) is 18.3 Å².